The summed E-state index contributed by atoms with van der Waals surface area (Å²) in [5.74, 6) is -2.57. The molecule has 7 rings (SSSR count). The normalized spacial score (nSPS) is 42.2. The Morgan fingerprint density at radius 1 is 1.05 bits per heavy atom. The maximum Gasteiger partial charge on any atom is 0.193 e. The number of Topliss-reactive ketones (excluding diaryl/α,β-unsaturated/α-hetero) is 1. The fourth-order valence-electron chi connectivity index (χ4n) is 9.15. The first-order valence-electron chi connectivity index (χ1n) is 15.2. The molecule has 10 atom stereocenters. The number of ether oxygens (including phenoxy) is 2. The highest BCUT2D eigenvalue weighted by Crippen LogP contribution is 2.72. The topological polar surface area (TPSA) is 93.1 Å². The van der Waals surface area contributed by atoms with Crippen molar-refractivity contribution in [1.82, 2.24) is 0 Å². The van der Waals surface area contributed by atoms with Crippen molar-refractivity contribution in [3.63, 3.8) is 0 Å². The van der Waals surface area contributed by atoms with Crippen molar-refractivity contribution in [2.24, 2.45) is 22.7 Å². The zero-order chi connectivity index (χ0) is 31.2. The number of ketones is 2. The van der Waals surface area contributed by atoms with Crippen LogP contribution in [0.1, 0.15) is 50.5 Å². The Kier molecular flexibility index (Phi) is 6.92. The largest absolute Gasteiger partial charge is 0.390 e. The number of rotatable bonds is 5. The minimum Gasteiger partial charge on any atom is -0.390 e. The molecule has 4 fully saturated rings. The first-order chi connectivity index (χ1) is 20.9. The van der Waals surface area contributed by atoms with Gasteiger partial charge in [-0.3, -0.25) is 9.59 Å². The molecule has 2 aromatic carbocycles. The van der Waals surface area contributed by atoms with Crippen LogP contribution in [0.3, 0.4) is 0 Å². The molecule has 9 heteroatoms. The van der Waals surface area contributed by atoms with Crippen LogP contribution >= 0.6 is 11.8 Å². The second kappa shape index (κ2) is 10.2. The van der Waals surface area contributed by atoms with Gasteiger partial charge in [0.1, 0.15) is 12.8 Å². The molecule has 3 saturated carbocycles. The predicted molar refractivity (Wildman–Crippen MR) is 159 cm³/mol. The molecule has 4 aliphatic carbocycles. The Balaban J connectivity index is 1.21. The third-order valence-corrected chi connectivity index (χ3v) is 12.4. The maximum atomic E-state index is 17.5. The first kappa shape index (κ1) is 30.0. The number of carbonyl (C=O) groups is 2. The fraction of sp³-hybridized carbons (Fsp3) is 0.486. The van der Waals surface area contributed by atoms with Crippen LogP contribution in [0.2, 0.25) is 0 Å². The van der Waals surface area contributed by atoms with Crippen molar-refractivity contribution in [3.8, 4) is 0 Å². The van der Waals surface area contributed by atoms with E-state index >= 15 is 8.78 Å². The van der Waals surface area contributed by atoms with Crippen molar-refractivity contribution in [3.05, 3.63) is 83.5 Å². The molecular weight excluding hydrogens is 586 g/mol. The minimum atomic E-state index is -2.28. The van der Waals surface area contributed by atoms with E-state index in [1.54, 1.807) is 25.6 Å². The monoisotopic (exact) mass is 622 g/mol. The number of aryl methyl sites for hydroxylation is 1. The number of benzene rings is 2. The molecule has 0 spiro atoms. The molecule has 1 aliphatic heterocycles. The number of halogens is 2. The van der Waals surface area contributed by atoms with E-state index in [4.69, 9.17) is 9.47 Å². The molecule has 0 radical (unpaired) electrons. The summed E-state index contributed by atoms with van der Waals surface area (Å²) in [6.07, 6.45) is -1.33. The molecule has 0 bridgehead atoms. The number of aliphatic hydroxyl groups is 2. The van der Waals surface area contributed by atoms with Crippen molar-refractivity contribution in [2.75, 3.05) is 6.61 Å². The van der Waals surface area contributed by atoms with Gasteiger partial charge in [0.25, 0.3) is 0 Å². The fourth-order valence-corrected chi connectivity index (χ4v) is 9.97. The van der Waals surface area contributed by atoms with Gasteiger partial charge >= 0.3 is 0 Å². The summed E-state index contributed by atoms with van der Waals surface area (Å²) in [6.45, 7) is 4.54. The van der Waals surface area contributed by atoms with E-state index in [2.05, 4.69) is 24.3 Å². The van der Waals surface area contributed by atoms with Crippen LogP contribution in [0, 0.1) is 29.6 Å². The van der Waals surface area contributed by atoms with Crippen LogP contribution in [0.15, 0.2) is 82.1 Å². The van der Waals surface area contributed by atoms with E-state index in [0.717, 1.165) is 15.9 Å². The van der Waals surface area contributed by atoms with E-state index < -0.39 is 76.8 Å². The standard InChI is InChI=1S/C35H36F2O6S/c1-19-4-8-22(9-5-19)44-23-10-6-20(7-11-23)31-42-30-16-24-25-15-27(36)26-14-21(39)12-13-32(26,2)34(25,37)28(40)17-33(24,3)35(30,43-31)29(41)18-38/h4-14,24-25,27-28,30-31,38,40H,15-18H2,1-3H3/t24-,25-,27-,28-,30+,31-,32-,33-,34-,35+/m0/s1. The van der Waals surface area contributed by atoms with E-state index in [0.29, 0.717) is 5.56 Å². The lowest BCUT2D eigenvalue weighted by Crippen LogP contribution is -2.70. The lowest BCUT2D eigenvalue weighted by Gasteiger charge is -2.63. The Morgan fingerprint density at radius 3 is 2.36 bits per heavy atom. The number of allylic oxidation sites excluding steroid dienone is 4. The SMILES string of the molecule is Cc1ccc(Sc2ccc([C@H]3O[C@@H]4C[C@H]5[C@@H]6C[C@H](F)C7=CC(=O)C=C[C@]7(C)[C@@]6(F)[C@@H](O)C[C@]5(C)[C@]4(C(=O)CO)O3)cc2)cc1. The minimum absolute atomic E-state index is 0.0438. The third kappa shape index (κ3) is 3.92. The van der Waals surface area contributed by atoms with Gasteiger partial charge in [0.2, 0.25) is 0 Å². The zero-order valence-corrected chi connectivity index (χ0v) is 25.7. The van der Waals surface area contributed by atoms with Gasteiger partial charge in [-0.2, -0.15) is 0 Å². The van der Waals surface area contributed by atoms with Crippen LogP contribution in [0.25, 0.3) is 0 Å². The Labute approximate surface area is 259 Å². The number of alkyl halides is 2. The number of aliphatic hydroxyl groups excluding tert-OH is 2. The summed E-state index contributed by atoms with van der Waals surface area (Å²) in [4.78, 5) is 27.9. The van der Waals surface area contributed by atoms with E-state index in [1.165, 1.54) is 17.7 Å². The molecule has 0 aromatic heterocycles. The molecule has 1 saturated heterocycles. The van der Waals surface area contributed by atoms with Crippen LogP contribution in [0.4, 0.5) is 8.78 Å². The molecule has 0 amide bonds. The second-order valence-corrected chi connectivity index (χ2v) is 14.6. The second-order valence-electron chi connectivity index (χ2n) is 13.5. The molecule has 1 heterocycles. The summed E-state index contributed by atoms with van der Waals surface area (Å²) in [6, 6.07) is 15.9. The van der Waals surface area contributed by atoms with Crippen molar-refractivity contribution in [2.45, 2.75) is 85.8 Å². The maximum absolute atomic E-state index is 17.5. The molecule has 6 nitrogen and oxygen atoms in total. The van der Waals surface area contributed by atoms with Crippen molar-refractivity contribution < 1.29 is 38.1 Å². The number of hydrogen-bond donors (Lipinski definition) is 2. The van der Waals surface area contributed by atoms with Gasteiger partial charge in [-0.25, -0.2) is 8.78 Å². The molecule has 2 N–H and O–H groups in total. The lowest BCUT2D eigenvalue weighted by atomic mass is 9.44. The van der Waals surface area contributed by atoms with E-state index in [9.17, 15) is 19.8 Å². The quantitative estimate of drug-likeness (QED) is 0.436. The highest BCUT2D eigenvalue weighted by atomic mass is 32.2. The highest BCUT2D eigenvalue weighted by molar-refractivity contribution is 7.99. The van der Waals surface area contributed by atoms with E-state index in [-0.39, 0.29) is 24.8 Å². The summed E-state index contributed by atoms with van der Waals surface area (Å²) in [5.41, 5.74) is -4.71. The van der Waals surface area contributed by atoms with Crippen LogP contribution in [-0.4, -0.2) is 58.0 Å². The summed E-state index contributed by atoms with van der Waals surface area (Å²) >= 11 is 1.61. The number of fused-ring (bicyclic) bond motifs is 7. The first-order valence-corrected chi connectivity index (χ1v) is 16.0. The molecule has 2 aromatic rings. The van der Waals surface area contributed by atoms with Crippen LogP contribution < -0.4 is 0 Å². The van der Waals surface area contributed by atoms with Gasteiger partial charge < -0.3 is 19.7 Å². The Bertz CT molecular complexity index is 1570. The third-order valence-electron chi connectivity index (χ3n) is 11.3. The molecule has 232 valence electrons. The molecule has 5 aliphatic rings. The molecule has 0 unspecified atom stereocenters. The smallest absolute Gasteiger partial charge is 0.193 e. The number of carbonyl (C=O) groups excluding carboxylic acids is 2. The lowest BCUT2D eigenvalue weighted by molar-refractivity contribution is -0.235. The van der Waals surface area contributed by atoms with E-state index in [1.807, 2.05) is 31.2 Å². The molecular formula is C35H36F2O6S. The van der Waals surface area contributed by atoms with Crippen molar-refractivity contribution in [1.29, 1.82) is 0 Å². The summed E-state index contributed by atoms with van der Waals surface area (Å²) in [5, 5.41) is 21.8. The van der Waals surface area contributed by atoms with Gasteiger partial charge in [-0.15, -0.1) is 0 Å². The van der Waals surface area contributed by atoms with Crippen LogP contribution in [-0.2, 0) is 19.1 Å². The summed E-state index contributed by atoms with van der Waals surface area (Å²) < 4.78 is 46.3. The average Bonchev–Trinajstić information content (AvgIpc) is 3.50. The Hall–Kier alpha value is -2.69. The highest BCUT2D eigenvalue weighted by Gasteiger charge is 2.80. The number of hydrogen-bond acceptors (Lipinski definition) is 7. The zero-order valence-electron chi connectivity index (χ0n) is 24.8. The Morgan fingerprint density at radius 2 is 1.70 bits per heavy atom. The summed E-state index contributed by atoms with van der Waals surface area (Å²) in [7, 11) is 0. The van der Waals surface area contributed by atoms with Gasteiger partial charge in [0.15, 0.2) is 29.1 Å². The van der Waals surface area contributed by atoms with Crippen LogP contribution in [0.5, 0.6) is 0 Å². The van der Waals surface area contributed by atoms with Gasteiger partial charge in [-0.05, 0) is 81.0 Å². The average molecular weight is 623 g/mol. The van der Waals surface area contributed by atoms with Gasteiger partial charge in [-0.1, -0.05) is 54.6 Å². The van der Waals surface area contributed by atoms with Crippen molar-refractivity contribution >= 4 is 23.3 Å². The van der Waals surface area contributed by atoms with Gasteiger partial charge in [0.05, 0.1) is 12.2 Å². The van der Waals surface area contributed by atoms with Gasteiger partial charge in [0, 0.05) is 32.1 Å². The molecule has 44 heavy (non-hydrogen) atoms. The predicted octanol–water partition coefficient (Wildman–Crippen LogP) is 5.79.